The lowest BCUT2D eigenvalue weighted by Gasteiger charge is -2.38. The summed E-state index contributed by atoms with van der Waals surface area (Å²) in [5.41, 5.74) is 0.245. The highest BCUT2D eigenvalue weighted by atomic mass is 19.2. The number of halogens is 2. The Hall–Kier alpha value is -2.31. The van der Waals surface area contributed by atoms with Crippen LogP contribution in [0.1, 0.15) is 43.5 Å². The van der Waals surface area contributed by atoms with E-state index in [9.17, 15) is 18.4 Å². The lowest BCUT2D eigenvalue weighted by Crippen LogP contribution is -2.48. The van der Waals surface area contributed by atoms with Crippen LogP contribution in [0.5, 0.6) is 0 Å². The second kappa shape index (κ2) is 5.89. The van der Waals surface area contributed by atoms with Gasteiger partial charge in [-0.1, -0.05) is 6.07 Å². The maximum atomic E-state index is 13.6. The van der Waals surface area contributed by atoms with Gasteiger partial charge in [0.05, 0.1) is 6.04 Å². The van der Waals surface area contributed by atoms with E-state index >= 15 is 0 Å². The zero-order valence-corrected chi connectivity index (χ0v) is 14.6. The monoisotopic (exact) mass is 345 g/mol. The molecule has 1 aromatic heterocycles. The van der Waals surface area contributed by atoms with Crippen LogP contribution in [0, 0.1) is 11.6 Å². The fourth-order valence-corrected chi connectivity index (χ4v) is 3.52. The van der Waals surface area contributed by atoms with Gasteiger partial charge in [0.1, 0.15) is 21.5 Å². The molecule has 0 unspecified atom stereocenters. The van der Waals surface area contributed by atoms with E-state index in [1.807, 2.05) is 15.7 Å². The SMILES string of the molecule is BC1(B)C[C@H](c2ccc(F)c(F)c2)Nc2[nH]c(=O)n(C(C)C)c(=O)c21. The van der Waals surface area contributed by atoms with Gasteiger partial charge in [0.2, 0.25) is 0 Å². The van der Waals surface area contributed by atoms with E-state index < -0.39 is 22.5 Å². The molecule has 0 saturated heterocycles. The van der Waals surface area contributed by atoms with E-state index in [0.29, 0.717) is 23.4 Å². The van der Waals surface area contributed by atoms with Crippen molar-refractivity contribution < 1.29 is 8.78 Å². The number of nitrogens with zero attached hydrogens (tertiary/aromatic N) is 1. The Labute approximate surface area is 145 Å². The lowest BCUT2D eigenvalue weighted by molar-refractivity contribution is 0.500. The number of aromatic amines is 1. The zero-order valence-electron chi connectivity index (χ0n) is 14.6. The number of rotatable bonds is 2. The van der Waals surface area contributed by atoms with Crippen molar-refractivity contribution in [2.24, 2.45) is 0 Å². The smallest absolute Gasteiger partial charge is 0.330 e. The van der Waals surface area contributed by atoms with Crippen molar-refractivity contribution in [1.29, 1.82) is 0 Å². The molecule has 2 heterocycles. The molecule has 2 aromatic rings. The average molecular weight is 345 g/mol. The summed E-state index contributed by atoms with van der Waals surface area (Å²) in [5.74, 6) is -1.49. The summed E-state index contributed by atoms with van der Waals surface area (Å²) in [6.45, 7) is 3.55. The van der Waals surface area contributed by atoms with Crippen molar-refractivity contribution in [3.05, 3.63) is 61.8 Å². The van der Waals surface area contributed by atoms with Crippen LogP contribution in [0.15, 0.2) is 27.8 Å². The summed E-state index contributed by atoms with van der Waals surface area (Å²) in [6, 6.07) is 3.12. The summed E-state index contributed by atoms with van der Waals surface area (Å²) in [5, 5.41) is 2.56. The van der Waals surface area contributed by atoms with Crippen LogP contribution in [-0.4, -0.2) is 25.2 Å². The van der Waals surface area contributed by atoms with E-state index in [4.69, 9.17) is 0 Å². The first kappa shape index (κ1) is 17.5. The molecule has 25 heavy (non-hydrogen) atoms. The standard InChI is InChI=1S/C16H19B2F2N3O2/c1-7(2)23-14(24)12-13(22-15(23)25)21-11(6-16(12,17)18)8-3-4-9(19)10(20)5-8/h3-5,7,11,21H,6,17-18H2,1-2H3,(H,22,25)/t11-/m1/s1. The maximum absolute atomic E-state index is 13.6. The van der Waals surface area contributed by atoms with E-state index in [2.05, 4.69) is 10.3 Å². The van der Waals surface area contributed by atoms with Gasteiger partial charge in [0, 0.05) is 11.6 Å². The first-order valence-electron chi connectivity index (χ1n) is 8.22. The number of nitrogens with one attached hydrogen (secondary N) is 2. The normalized spacial score (nSPS) is 18.7. The molecule has 9 heteroatoms. The quantitative estimate of drug-likeness (QED) is 0.774. The van der Waals surface area contributed by atoms with Gasteiger partial charge >= 0.3 is 5.69 Å². The summed E-state index contributed by atoms with van der Waals surface area (Å²) < 4.78 is 28.0. The van der Waals surface area contributed by atoms with Crippen LogP contribution in [0.2, 0.25) is 0 Å². The molecule has 1 aliphatic rings. The Balaban J connectivity index is 2.14. The molecule has 1 aromatic carbocycles. The number of hydrogen-bond donors (Lipinski definition) is 2. The van der Waals surface area contributed by atoms with Gasteiger partial charge in [-0.05, 0) is 43.2 Å². The third-order valence-electron chi connectivity index (χ3n) is 4.71. The minimum Gasteiger partial charge on any atom is -0.364 e. The van der Waals surface area contributed by atoms with Crippen molar-refractivity contribution in [1.82, 2.24) is 9.55 Å². The molecular formula is C16H19B2F2N3O2. The van der Waals surface area contributed by atoms with Crippen LogP contribution in [0.3, 0.4) is 0 Å². The van der Waals surface area contributed by atoms with Crippen LogP contribution < -0.4 is 16.6 Å². The minimum absolute atomic E-state index is 0.263. The maximum Gasteiger partial charge on any atom is 0.330 e. The molecule has 2 N–H and O–H groups in total. The Kier molecular flexibility index (Phi) is 4.13. The highest BCUT2D eigenvalue weighted by Crippen LogP contribution is 2.38. The first-order valence-corrected chi connectivity index (χ1v) is 8.22. The largest absolute Gasteiger partial charge is 0.364 e. The molecule has 0 aliphatic carbocycles. The molecule has 1 aliphatic heterocycles. The van der Waals surface area contributed by atoms with Gasteiger partial charge in [-0.3, -0.25) is 14.3 Å². The Bertz CT molecular complexity index is 953. The topological polar surface area (TPSA) is 66.9 Å². The zero-order chi connectivity index (χ0) is 18.5. The fraction of sp³-hybridized carbons (Fsp3) is 0.375. The molecule has 0 saturated carbocycles. The van der Waals surface area contributed by atoms with Crippen molar-refractivity contribution in [3.63, 3.8) is 0 Å². The van der Waals surface area contributed by atoms with E-state index in [0.717, 1.165) is 12.1 Å². The van der Waals surface area contributed by atoms with Crippen LogP contribution in [0.25, 0.3) is 0 Å². The molecule has 5 nitrogen and oxygen atoms in total. The molecule has 0 radical (unpaired) electrons. The molecule has 0 amide bonds. The third kappa shape index (κ3) is 2.92. The molecule has 130 valence electrons. The fourth-order valence-electron chi connectivity index (χ4n) is 3.52. The predicted molar refractivity (Wildman–Crippen MR) is 97.8 cm³/mol. The minimum atomic E-state index is -0.924. The summed E-state index contributed by atoms with van der Waals surface area (Å²) in [6.07, 6.45) is 0.504. The summed E-state index contributed by atoms with van der Waals surface area (Å²) in [7, 11) is 3.81. The van der Waals surface area contributed by atoms with Crippen LogP contribution in [0.4, 0.5) is 14.6 Å². The van der Waals surface area contributed by atoms with Gasteiger partial charge in [-0.2, -0.15) is 0 Å². The summed E-state index contributed by atoms with van der Waals surface area (Å²) in [4.78, 5) is 27.8. The van der Waals surface area contributed by atoms with E-state index in [1.54, 1.807) is 13.8 Å². The highest BCUT2D eigenvalue weighted by molar-refractivity contribution is 6.40. The van der Waals surface area contributed by atoms with E-state index in [1.165, 1.54) is 10.6 Å². The van der Waals surface area contributed by atoms with Gasteiger partial charge in [0.15, 0.2) is 11.6 Å². The molecule has 0 fully saturated rings. The Morgan fingerprint density at radius 2 is 1.92 bits per heavy atom. The molecule has 3 rings (SSSR count). The van der Waals surface area contributed by atoms with Crippen molar-refractivity contribution in [2.45, 2.75) is 37.6 Å². The summed E-state index contributed by atoms with van der Waals surface area (Å²) >= 11 is 0. The number of anilines is 1. The number of hydrogen-bond acceptors (Lipinski definition) is 3. The van der Waals surface area contributed by atoms with Gasteiger partial charge < -0.3 is 5.32 Å². The molecule has 0 bridgehead atoms. The molecular weight excluding hydrogens is 326 g/mol. The van der Waals surface area contributed by atoms with Crippen molar-refractivity contribution in [2.75, 3.05) is 5.32 Å². The van der Waals surface area contributed by atoms with Crippen molar-refractivity contribution >= 4 is 21.5 Å². The van der Waals surface area contributed by atoms with Gasteiger partial charge in [-0.25, -0.2) is 13.6 Å². The third-order valence-corrected chi connectivity index (χ3v) is 4.71. The molecule has 1 atom stereocenters. The highest BCUT2D eigenvalue weighted by Gasteiger charge is 2.37. The Morgan fingerprint density at radius 1 is 1.24 bits per heavy atom. The lowest BCUT2D eigenvalue weighted by atomic mass is 9.47. The van der Waals surface area contributed by atoms with Gasteiger partial charge in [0.25, 0.3) is 5.56 Å². The Morgan fingerprint density at radius 3 is 2.52 bits per heavy atom. The van der Waals surface area contributed by atoms with Crippen LogP contribution >= 0.6 is 0 Å². The van der Waals surface area contributed by atoms with Crippen molar-refractivity contribution in [3.8, 4) is 0 Å². The average Bonchev–Trinajstić information content (AvgIpc) is 2.47. The van der Waals surface area contributed by atoms with Gasteiger partial charge in [-0.15, -0.1) is 0 Å². The number of H-pyrrole nitrogens is 1. The van der Waals surface area contributed by atoms with E-state index in [-0.39, 0.29) is 17.6 Å². The number of aromatic nitrogens is 2. The second-order valence-corrected chi connectivity index (χ2v) is 7.41. The number of fused-ring (bicyclic) bond motifs is 1. The predicted octanol–water partition coefficient (Wildman–Crippen LogP) is 0.372. The second-order valence-electron chi connectivity index (χ2n) is 7.41. The molecule has 0 spiro atoms. The number of benzene rings is 1. The van der Waals surface area contributed by atoms with Crippen LogP contribution in [-0.2, 0) is 5.21 Å². The first-order chi connectivity index (χ1) is 11.6.